The second kappa shape index (κ2) is 8.66. The van der Waals surface area contributed by atoms with Crippen LogP contribution in [0.3, 0.4) is 0 Å². The van der Waals surface area contributed by atoms with E-state index in [1.807, 2.05) is 4.90 Å². The van der Waals surface area contributed by atoms with E-state index < -0.39 is 0 Å². The summed E-state index contributed by atoms with van der Waals surface area (Å²) in [5.74, 6) is 1.60. The Morgan fingerprint density at radius 1 is 1.38 bits per heavy atom. The standard InChI is InChI=1S/C16H24N2OS.ClH/c1-12-3-5-15(6-4-12)20-8-7-16(19)18-11-14(10-17)9-13(18)2;/h3-6,13-14H,7-11,17H2,1-2H3;1H. The van der Waals surface area contributed by atoms with Gasteiger partial charge in [0, 0.05) is 29.7 Å². The Morgan fingerprint density at radius 3 is 2.62 bits per heavy atom. The third-order valence-electron chi connectivity index (χ3n) is 3.92. The first-order valence-corrected chi connectivity index (χ1v) is 8.27. The van der Waals surface area contributed by atoms with Gasteiger partial charge in [-0.3, -0.25) is 4.79 Å². The first-order chi connectivity index (χ1) is 9.60. The van der Waals surface area contributed by atoms with Crippen LogP contribution in [0.2, 0.25) is 0 Å². The zero-order chi connectivity index (χ0) is 14.5. The van der Waals surface area contributed by atoms with Gasteiger partial charge in [-0.2, -0.15) is 0 Å². The van der Waals surface area contributed by atoms with Crippen molar-refractivity contribution in [3.05, 3.63) is 29.8 Å². The van der Waals surface area contributed by atoms with E-state index in [0.717, 1.165) is 18.7 Å². The number of hydrogen-bond acceptors (Lipinski definition) is 3. The number of rotatable bonds is 5. The molecule has 2 atom stereocenters. The number of aryl methyl sites for hydroxylation is 1. The van der Waals surface area contributed by atoms with Gasteiger partial charge in [0.25, 0.3) is 0 Å². The van der Waals surface area contributed by atoms with E-state index in [0.29, 0.717) is 24.9 Å². The summed E-state index contributed by atoms with van der Waals surface area (Å²) in [5.41, 5.74) is 6.97. The van der Waals surface area contributed by atoms with Crippen molar-refractivity contribution >= 4 is 30.1 Å². The third-order valence-corrected chi connectivity index (χ3v) is 4.93. The van der Waals surface area contributed by atoms with E-state index in [4.69, 9.17) is 5.73 Å². The zero-order valence-corrected chi connectivity index (χ0v) is 14.4. The molecular weight excluding hydrogens is 304 g/mol. The molecule has 1 amide bonds. The molecule has 1 fully saturated rings. The summed E-state index contributed by atoms with van der Waals surface area (Å²) in [6, 6.07) is 8.80. The first-order valence-electron chi connectivity index (χ1n) is 7.29. The lowest BCUT2D eigenvalue weighted by Crippen LogP contribution is -2.34. The van der Waals surface area contributed by atoms with Gasteiger partial charge in [-0.05, 0) is 44.9 Å². The van der Waals surface area contributed by atoms with Gasteiger partial charge in [0.05, 0.1) is 0 Å². The molecular formula is C16H25ClN2OS. The maximum Gasteiger partial charge on any atom is 0.223 e. The van der Waals surface area contributed by atoms with Gasteiger partial charge >= 0.3 is 0 Å². The molecule has 5 heteroatoms. The number of carbonyl (C=O) groups is 1. The highest BCUT2D eigenvalue weighted by molar-refractivity contribution is 7.99. The SMILES string of the molecule is Cc1ccc(SCCC(=O)N2CC(CN)CC2C)cc1.Cl. The van der Waals surface area contributed by atoms with Crippen molar-refractivity contribution in [2.24, 2.45) is 11.7 Å². The van der Waals surface area contributed by atoms with Crippen LogP contribution in [0.25, 0.3) is 0 Å². The minimum atomic E-state index is 0. The van der Waals surface area contributed by atoms with Crippen LogP contribution >= 0.6 is 24.2 Å². The van der Waals surface area contributed by atoms with Crippen LogP contribution in [0, 0.1) is 12.8 Å². The molecule has 1 heterocycles. The Hall–Kier alpha value is -0.710. The molecule has 0 aromatic heterocycles. The summed E-state index contributed by atoms with van der Waals surface area (Å²) in [5, 5.41) is 0. The summed E-state index contributed by atoms with van der Waals surface area (Å²) in [4.78, 5) is 15.5. The van der Waals surface area contributed by atoms with E-state index in [9.17, 15) is 4.79 Å². The molecule has 0 radical (unpaired) electrons. The monoisotopic (exact) mass is 328 g/mol. The molecule has 0 bridgehead atoms. The van der Waals surface area contributed by atoms with Crippen molar-refractivity contribution in [2.75, 3.05) is 18.8 Å². The number of hydrogen-bond donors (Lipinski definition) is 1. The molecule has 2 N–H and O–H groups in total. The molecule has 2 rings (SSSR count). The summed E-state index contributed by atoms with van der Waals surface area (Å²) in [7, 11) is 0. The van der Waals surface area contributed by atoms with Crippen LogP contribution in [0.4, 0.5) is 0 Å². The Bertz CT molecular complexity index is 452. The van der Waals surface area contributed by atoms with Gasteiger partial charge in [0.1, 0.15) is 0 Å². The fraction of sp³-hybridized carbons (Fsp3) is 0.562. The van der Waals surface area contributed by atoms with Crippen LogP contribution in [0.5, 0.6) is 0 Å². The average molecular weight is 329 g/mol. The molecule has 0 aliphatic carbocycles. The van der Waals surface area contributed by atoms with E-state index in [1.54, 1.807) is 11.8 Å². The normalized spacial score (nSPS) is 21.2. The molecule has 1 aromatic rings. The molecule has 2 unspecified atom stereocenters. The minimum Gasteiger partial charge on any atom is -0.340 e. The van der Waals surface area contributed by atoms with Gasteiger partial charge in [-0.15, -0.1) is 24.2 Å². The number of nitrogens with two attached hydrogens (primary N) is 1. The van der Waals surface area contributed by atoms with Gasteiger partial charge in [-0.1, -0.05) is 17.7 Å². The molecule has 21 heavy (non-hydrogen) atoms. The van der Waals surface area contributed by atoms with Gasteiger partial charge in [-0.25, -0.2) is 0 Å². The summed E-state index contributed by atoms with van der Waals surface area (Å²) in [6.45, 7) is 5.74. The van der Waals surface area contributed by atoms with Crippen molar-refractivity contribution in [1.29, 1.82) is 0 Å². The number of nitrogens with zero attached hydrogens (tertiary/aromatic N) is 1. The summed E-state index contributed by atoms with van der Waals surface area (Å²) < 4.78 is 0. The number of benzene rings is 1. The predicted octanol–water partition coefficient (Wildman–Crippen LogP) is 3.09. The van der Waals surface area contributed by atoms with Crippen molar-refractivity contribution in [2.45, 2.75) is 37.6 Å². The Kier molecular flexibility index (Phi) is 7.57. The van der Waals surface area contributed by atoms with E-state index in [2.05, 4.69) is 38.1 Å². The number of halogens is 1. The molecule has 1 aliphatic heterocycles. The number of amides is 1. The molecule has 118 valence electrons. The van der Waals surface area contributed by atoms with Crippen molar-refractivity contribution in [1.82, 2.24) is 4.90 Å². The fourth-order valence-corrected chi connectivity index (χ4v) is 3.54. The topological polar surface area (TPSA) is 46.3 Å². The fourth-order valence-electron chi connectivity index (χ4n) is 2.69. The number of carbonyl (C=O) groups excluding carboxylic acids is 1. The van der Waals surface area contributed by atoms with Crippen LogP contribution in [-0.2, 0) is 4.79 Å². The van der Waals surface area contributed by atoms with Crippen LogP contribution in [0.1, 0.15) is 25.3 Å². The van der Waals surface area contributed by atoms with Gasteiger partial charge < -0.3 is 10.6 Å². The van der Waals surface area contributed by atoms with Crippen LogP contribution in [-0.4, -0.2) is 35.7 Å². The molecule has 1 aromatic carbocycles. The van der Waals surface area contributed by atoms with Crippen LogP contribution in [0.15, 0.2) is 29.2 Å². The van der Waals surface area contributed by atoms with Crippen molar-refractivity contribution < 1.29 is 4.79 Å². The van der Waals surface area contributed by atoms with E-state index in [-0.39, 0.29) is 18.3 Å². The van der Waals surface area contributed by atoms with Gasteiger partial charge in [0.2, 0.25) is 5.91 Å². The molecule has 1 aliphatic rings. The Morgan fingerprint density at radius 2 is 2.05 bits per heavy atom. The zero-order valence-electron chi connectivity index (χ0n) is 12.7. The maximum atomic E-state index is 12.2. The first kappa shape index (κ1) is 18.3. The second-order valence-electron chi connectivity index (χ2n) is 5.64. The lowest BCUT2D eigenvalue weighted by molar-refractivity contribution is -0.131. The molecule has 3 nitrogen and oxygen atoms in total. The highest BCUT2D eigenvalue weighted by atomic mass is 35.5. The van der Waals surface area contributed by atoms with E-state index >= 15 is 0 Å². The number of thioether (sulfide) groups is 1. The second-order valence-corrected chi connectivity index (χ2v) is 6.81. The average Bonchev–Trinajstić information content (AvgIpc) is 2.82. The van der Waals surface area contributed by atoms with E-state index in [1.165, 1.54) is 10.5 Å². The highest BCUT2D eigenvalue weighted by Crippen LogP contribution is 2.24. The van der Waals surface area contributed by atoms with Gasteiger partial charge in [0.15, 0.2) is 0 Å². The number of likely N-dealkylation sites (tertiary alicyclic amines) is 1. The molecule has 1 saturated heterocycles. The lowest BCUT2D eigenvalue weighted by Gasteiger charge is -2.21. The van der Waals surface area contributed by atoms with Crippen molar-refractivity contribution in [3.63, 3.8) is 0 Å². The van der Waals surface area contributed by atoms with Crippen LogP contribution < -0.4 is 5.73 Å². The highest BCUT2D eigenvalue weighted by Gasteiger charge is 2.30. The molecule has 0 spiro atoms. The Balaban J connectivity index is 0.00000220. The Labute approximate surface area is 138 Å². The predicted molar refractivity (Wildman–Crippen MR) is 92.1 cm³/mol. The van der Waals surface area contributed by atoms with Crippen molar-refractivity contribution in [3.8, 4) is 0 Å². The summed E-state index contributed by atoms with van der Waals surface area (Å²) >= 11 is 1.75. The third kappa shape index (κ3) is 5.20. The summed E-state index contributed by atoms with van der Waals surface area (Å²) in [6.07, 6.45) is 1.66. The minimum absolute atomic E-state index is 0. The quantitative estimate of drug-likeness (QED) is 0.845. The maximum absolute atomic E-state index is 12.2. The smallest absolute Gasteiger partial charge is 0.223 e. The lowest BCUT2D eigenvalue weighted by atomic mass is 10.1. The molecule has 0 saturated carbocycles. The largest absolute Gasteiger partial charge is 0.340 e.